The van der Waals surface area contributed by atoms with Gasteiger partial charge in [0.2, 0.25) is 0 Å². The fraction of sp³-hybridized carbons (Fsp3) is 0.571. The summed E-state index contributed by atoms with van der Waals surface area (Å²) in [7, 11) is 1.81. The first-order chi connectivity index (χ1) is 7.74. The fourth-order valence-corrected chi connectivity index (χ4v) is 2.87. The Kier molecular flexibility index (Phi) is 3.88. The summed E-state index contributed by atoms with van der Waals surface area (Å²) >= 11 is 6.41. The Labute approximate surface area is 103 Å². The molecule has 0 bridgehead atoms. The Morgan fingerprint density at radius 3 is 2.50 bits per heavy atom. The third kappa shape index (κ3) is 2.78. The molecule has 1 fully saturated rings. The molecule has 1 saturated carbocycles. The Bertz CT molecular complexity index is 313. The molecule has 0 spiro atoms. The van der Waals surface area contributed by atoms with Crippen LogP contribution in [0.5, 0.6) is 0 Å². The minimum atomic E-state index is 0.0845. The van der Waals surface area contributed by atoms with Crippen LogP contribution in [0.4, 0.5) is 0 Å². The number of halogens is 1. The molecular formula is C14H19ClO. The first-order valence-corrected chi connectivity index (χ1v) is 6.41. The van der Waals surface area contributed by atoms with E-state index < -0.39 is 0 Å². The van der Waals surface area contributed by atoms with Crippen LogP contribution in [0.3, 0.4) is 0 Å². The molecule has 0 heterocycles. The zero-order chi connectivity index (χ0) is 11.4. The molecule has 0 aliphatic heterocycles. The highest BCUT2D eigenvalue weighted by molar-refractivity contribution is 6.20. The van der Waals surface area contributed by atoms with Gasteiger partial charge in [-0.1, -0.05) is 30.3 Å². The average Bonchev–Trinajstić information content (AvgIpc) is 2.25. The first-order valence-electron chi connectivity index (χ1n) is 5.97. The van der Waals surface area contributed by atoms with Gasteiger partial charge in [0.1, 0.15) is 0 Å². The number of ether oxygens (including phenoxy) is 1. The second kappa shape index (κ2) is 5.20. The molecule has 1 atom stereocenters. The van der Waals surface area contributed by atoms with Gasteiger partial charge in [-0.25, -0.2) is 0 Å². The highest BCUT2D eigenvalue weighted by Crippen LogP contribution is 2.40. The number of rotatable bonds is 5. The summed E-state index contributed by atoms with van der Waals surface area (Å²) in [6.07, 6.45) is 5.53. The largest absolute Gasteiger partial charge is 0.378 e. The van der Waals surface area contributed by atoms with Crippen LogP contribution < -0.4 is 0 Å². The predicted octanol–water partition coefficient (Wildman–Crippen LogP) is 3.80. The lowest BCUT2D eigenvalue weighted by atomic mass is 9.76. The molecule has 0 N–H and O–H groups in total. The van der Waals surface area contributed by atoms with Gasteiger partial charge in [-0.05, 0) is 37.7 Å². The lowest BCUT2D eigenvalue weighted by Gasteiger charge is -2.41. The van der Waals surface area contributed by atoms with E-state index in [-0.39, 0.29) is 11.0 Å². The van der Waals surface area contributed by atoms with Crippen molar-refractivity contribution in [2.24, 2.45) is 0 Å². The maximum absolute atomic E-state index is 6.41. The zero-order valence-electron chi connectivity index (χ0n) is 9.79. The summed E-state index contributed by atoms with van der Waals surface area (Å²) in [4.78, 5) is 0. The molecule has 1 aromatic rings. The molecule has 1 unspecified atom stereocenters. The Balaban J connectivity index is 1.87. The SMILES string of the molecule is COC1(CC(Cl)Cc2ccccc2)CCC1. The summed E-state index contributed by atoms with van der Waals surface area (Å²) in [5.41, 5.74) is 1.40. The molecule has 2 heteroatoms. The Hall–Kier alpha value is -0.530. The number of hydrogen-bond donors (Lipinski definition) is 0. The van der Waals surface area contributed by atoms with Crippen molar-refractivity contribution in [1.82, 2.24) is 0 Å². The van der Waals surface area contributed by atoms with E-state index in [1.165, 1.54) is 24.8 Å². The highest BCUT2D eigenvalue weighted by Gasteiger charge is 2.38. The van der Waals surface area contributed by atoms with Crippen LogP contribution >= 0.6 is 11.6 Å². The first kappa shape index (κ1) is 11.9. The smallest absolute Gasteiger partial charge is 0.0693 e. The quantitative estimate of drug-likeness (QED) is 0.709. The topological polar surface area (TPSA) is 9.23 Å². The minimum absolute atomic E-state index is 0.0845. The monoisotopic (exact) mass is 238 g/mol. The summed E-state index contributed by atoms with van der Waals surface area (Å²) < 4.78 is 5.60. The van der Waals surface area contributed by atoms with Gasteiger partial charge in [0.15, 0.2) is 0 Å². The highest BCUT2D eigenvalue weighted by atomic mass is 35.5. The third-order valence-corrected chi connectivity index (χ3v) is 3.90. The van der Waals surface area contributed by atoms with Crippen LogP contribution in [0.2, 0.25) is 0 Å². The molecule has 0 radical (unpaired) electrons. The second-order valence-corrected chi connectivity index (χ2v) is 5.35. The summed E-state index contributed by atoms with van der Waals surface area (Å²) in [6, 6.07) is 10.4. The van der Waals surface area contributed by atoms with Gasteiger partial charge in [0.25, 0.3) is 0 Å². The van der Waals surface area contributed by atoms with Gasteiger partial charge in [-0.3, -0.25) is 0 Å². The molecule has 1 aliphatic carbocycles. The van der Waals surface area contributed by atoms with Crippen molar-refractivity contribution in [1.29, 1.82) is 0 Å². The van der Waals surface area contributed by atoms with Gasteiger partial charge in [-0.15, -0.1) is 11.6 Å². The zero-order valence-corrected chi connectivity index (χ0v) is 10.5. The molecular weight excluding hydrogens is 220 g/mol. The molecule has 2 rings (SSSR count). The van der Waals surface area contributed by atoms with Crippen molar-refractivity contribution in [3.05, 3.63) is 35.9 Å². The molecule has 0 saturated heterocycles. The number of alkyl halides is 1. The molecule has 88 valence electrons. The van der Waals surface area contributed by atoms with E-state index in [2.05, 4.69) is 24.3 Å². The number of benzene rings is 1. The van der Waals surface area contributed by atoms with Crippen molar-refractivity contribution in [3.8, 4) is 0 Å². The van der Waals surface area contributed by atoms with E-state index >= 15 is 0 Å². The van der Waals surface area contributed by atoms with E-state index in [1.54, 1.807) is 0 Å². The summed E-state index contributed by atoms with van der Waals surface area (Å²) in [5, 5.41) is 0.183. The molecule has 0 aromatic heterocycles. The molecule has 16 heavy (non-hydrogen) atoms. The van der Waals surface area contributed by atoms with E-state index in [0.717, 1.165) is 12.8 Å². The summed E-state index contributed by atoms with van der Waals surface area (Å²) in [6.45, 7) is 0. The molecule has 1 aliphatic rings. The van der Waals surface area contributed by atoms with E-state index in [4.69, 9.17) is 16.3 Å². The van der Waals surface area contributed by atoms with Crippen LogP contribution in [0.1, 0.15) is 31.2 Å². The van der Waals surface area contributed by atoms with Crippen LogP contribution in [0, 0.1) is 0 Å². The van der Waals surface area contributed by atoms with Crippen LogP contribution in [-0.2, 0) is 11.2 Å². The van der Waals surface area contributed by atoms with Crippen LogP contribution in [0.15, 0.2) is 30.3 Å². The van der Waals surface area contributed by atoms with Gasteiger partial charge in [0, 0.05) is 12.5 Å². The van der Waals surface area contributed by atoms with Gasteiger partial charge in [-0.2, -0.15) is 0 Å². The van der Waals surface area contributed by atoms with Crippen molar-refractivity contribution in [3.63, 3.8) is 0 Å². The summed E-state index contributed by atoms with van der Waals surface area (Å²) in [5.74, 6) is 0. The minimum Gasteiger partial charge on any atom is -0.378 e. The van der Waals surface area contributed by atoms with Gasteiger partial charge in [0.05, 0.1) is 5.60 Å². The Morgan fingerprint density at radius 2 is 2.00 bits per heavy atom. The standard InChI is InChI=1S/C14H19ClO/c1-16-14(8-5-9-14)11-13(15)10-12-6-3-2-4-7-12/h2-4,6-7,13H,5,8-11H2,1H3. The van der Waals surface area contributed by atoms with E-state index in [9.17, 15) is 0 Å². The fourth-order valence-electron chi connectivity index (χ4n) is 2.41. The maximum atomic E-state index is 6.41. The lowest BCUT2D eigenvalue weighted by Crippen LogP contribution is -2.41. The lowest BCUT2D eigenvalue weighted by molar-refractivity contribution is -0.0777. The van der Waals surface area contributed by atoms with Crippen molar-refractivity contribution < 1.29 is 4.74 Å². The number of hydrogen-bond acceptors (Lipinski definition) is 1. The maximum Gasteiger partial charge on any atom is 0.0693 e. The van der Waals surface area contributed by atoms with Crippen molar-refractivity contribution >= 4 is 11.6 Å². The molecule has 0 amide bonds. The van der Waals surface area contributed by atoms with Crippen molar-refractivity contribution in [2.75, 3.05) is 7.11 Å². The normalized spacial score (nSPS) is 20.1. The average molecular weight is 239 g/mol. The van der Waals surface area contributed by atoms with Crippen LogP contribution in [0.25, 0.3) is 0 Å². The second-order valence-electron chi connectivity index (χ2n) is 4.73. The van der Waals surface area contributed by atoms with E-state index in [0.29, 0.717) is 0 Å². The number of methoxy groups -OCH3 is 1. The Morgan fingerprint density at radius 1 is 1.31 bits per heavy atom. The van der Waals surface area contributed by atoms with Crippen molar-refractivity contribution in [2.45, 2.75) is 43.1 Å². The molecule has 1 aromatic carbocycles. The molecule has 1 nitrogen and oxygen atoms in total. The third-order valence-electron chi connectivity index (χ3n) is 3.59. The van der Waals surface area contributed by atoms with Gasteiger partial charge >= 0.3 is 0 Å². The predicted molar refractivity (Wildman–Crippen MR) is 68.0 cm³/mol. The van der Waals surface area contributed by atoms with E-state index in [1.807, 2.05) is 13.2 Å². The van der Waals surface area contributed by atoms with Crippen LogP contribution in [-0.4, -0.2) is 18.1 Å². The van der Waals surface area contributed by atoms with Gasteiger partial charge < -0.3 is 4.74 Å².